The number of amides is 3. The number of hydrogen-bond donors (Lipinski definition) is 2. The van der Waals surface area contributed by atoms with E-state index >= 15 is 0 Å². The third-order valence-corrected chi connectivity index (χ3v) is 3.49. The highest BCUT2D eigenvalue weighted by Gasteiger charge is 2.19. The molecule has 0 spiro atoms. The lowest BCUT2D eigenvalue weighted by Gasteiger charge is -2.21. The molecule has 2 N–H and O–H groups in total. The van der Waals surface area contributed by atoms with Crippen LogP contribution in [-0.4, -0.2) is 24.3 Å². The molecule has 0 fully saturated rings. The van der Waals surface area contributed by atoms with E-state index in [1.165, 1.54) is 26.0 Å². The Morgan fingerprint density at radius 2 is 1.52 bits per heavy atom. The molecule has 0 heterocycles. The fourth-order valence-corrected chi connectivity index (χ4v) is 2.27. The van der Waals surface area contributed by atoms with Gasteiger partial charge in [-0.1, -0.05) is 0 Å². The summed E-state index contributed by atoms with van der Waals surface area (Å²) in [5.41, 5.74) is 0.323. The standard InChI is InChI=1S/C18H16F3N3O3/c1-10(25)22-12-3-5-13(6-4-12)24(11(2)26)9-16(27)23-15-8-7-14(19)17(20)18(15)21/h3-8H,9H2,1-2H3,(H,22,25)(H,23,27). The number of nitrogens with one attached hydrogen (secondary N) is 2. The molecule has 3 amide bonds. The Bertz CT molecular complexity index is 885. The van der Waals surface area contributed by atoms with Crippen LogP contribution in [0.2, 0.25) is 0 Å². The van der Waals surface area contributed by atoms with Crippen LogP contribution >= 0.6 is 0 Å². The minimum atomic E-state index is -1.70. The summed E-state index contributed by atoms with van der Waals surface area (Å²) < 4.78 is 39.8. The second-order valence-corrected chi connectivity index (χ2v) is 5.60. The zero-order valence-corrected chi connectivity index (χ0v) is 14.5. The molecule has 6 nitrogen and oxygen atoms in total. The van der Waals surface area contributed by atoms with Crippen molar-refractivity contribution < 1.29 is 27.6 Å². The van der Waals surface area contributed by atoms with Gasteiger partial charge in [-0.25, -0.2) is 13.2 Å². The normalized spacial score (nSPS) is 10.3. The minimum Gasteiger partial charge on any atom is -0.326 e. The summed E-state index contributed by atoms with van der Waals surface area (Å²) in [5, 5.41) is 4.66. The molecule has 2 rings (SSSR count). The Labute approximate surface area is 153 Å². The topological polar surface area (TPSA) is 78.5 Å². The van der Waals surface area contributed by atoms with Gasteiger partial charge in [-0.05, 0) is 36.4 Å². The van der Waals surface area contributed by atoms with Gasteiger partial charge in [0.25, 0.3) is 0 Å². The van der Waals surface area contributed by atoms with Crippen LogP contribution in [0.25, 0.3) is 0 Å². The molecular formula is C18H16F3N3O3. The highest BCUT2D eigenvalue weighted by molar-refractivity contribution is 6.02. The van der Waals surface area contributed by atoms with Crippen molar-refractivity contribution in [3.63, 3.8) is 0 Å². The van der Waals surface area contributed by atoms with Crippen LogP contribution in [0.15, 0.2) is 36.4 Å². The third-order valence-electron chi connectivity index (χ3n) is 3.49. The summed E-state index contributed by atoms with van der Waals surface area (Å²) in [6.07, 6.45) is 0. The van der Waals surface area contributed by atoms with Gasteiger partial charge in [0.15, 0.2) is 17.5 Å². The minimum absolute atomic E-state index is 0.265. The number of rotatable bonds is 5. The number of hydrogen-bond acceptors (Lipinski definition) is 3. The molecule has 0 radical (unpaired) electrons. The molecule has 2 aromatic carbocycles. The molecule has 0 aliphatic heterocycles. The summed E-state index contributed by atoms with van der Waals surface area (Å²) in [5.74, 6) is -6.15. The molecule has 0 saturated heterocycles. The summed E-state index contributed by atoms with van der Waals surface area (Å²) in [6.45, 7) is 2.10. The van der Waals surface area contributed by atoms with Crippen LogP contribution in [0.5, 0.6) is 0 Å². The fraction of sp³-hybridized carbons (Fsp3) is 0.167. The van der Waals surface area contributed by atoms with E-state index in [4.69, 9.17) is 0 Å². The number of halogens is 3. The summed E-state index contributed by atoms with van der Waals surface area (Å²) >= 11 is 0. The van der Waals surface area contributed by atoms with Gasteiger partial charge in [-0.15, -0.1) is 0 Å². The van der Waals surface area contributed by atoms with E-state index in [2.05, 4.69) is 10.6 Å². The van der Waals surface area contributed by atoms with Gasteiger partial charge in [-0.2, -0.15) is 0 Å². The first-order valence-electron chi connectivity index (χ1n) is 7.78. The average Bonchev–Trinajstić information content (AvgIpc) is 2.60. The predicted molar refractivity (Wildman–Crippen MR) is 93.7 cm³/mol. The zero-order chi connectivity index (χ0) is 20.1. The largest absolute Gasteiger partial charge is 0.326 e. The van der Waals surface area contributed by atoms with Crippen molar-refractivity contribution in [2.24, 2.45) is 0 Å². The number of carbonyl (C=O) groups is 3. The molecule has 0 aliphatic carbocycles. The SMILES string of the molecule is CC(=O)Nc1ccc(N(CC(=O)Nc2ccc(F)c(F)c2F)C(C)=O)cc1. The second kappa shape index (κ2) is 8.35. The van der Waals surface area contributed by atoms with Crippen molar-refractivity contribution in [3.8, 4) is 0 Å². The number of benzene rings is 2. The van der Waals surface area contributed by atoms with Crippen molar-refractivity contribution in [3.05, 3.63) is 53.8 Å². The molecule has 2 aromatic rings. The molecule has 0 bridgehead atoms. The highest BCUT2D eigenvalue weighted by atomic mass is 19.2. The van der Waals surface area contributed by atoms with Gasteiger partial charge in [-0.3, -0.25) is 14.4 Å². The van der Waals surface area contributed by atoms with Gasteiger partial charge in [0.1, 0.15) is 6.54 Å². The van der Waals surface area contributed by atoms with Gasteiger partial charge < -0.3 is 15.5 Å². The number of anilines is 3. The maximum absolute atomic E-state index is 13.6. The lowest BCUT2D eigenvalue weighted by Crippen LogP contribution is -2.36. The van der Waals surface area contributed by atoms with Crippen LogP contribution in [0, 0.1) is 17.5 Å². The number of nitrogens with zero attached hydrogens (tertiary/aromatic N) is 1. The highest BCUT2D eigenvalue weighted by Crippen LogP contribution is 2.21. The zero-order valence-electron chi connectivity index (χ0n) is 14.5. The van der Waals surface area contributed by atoms with E-state index in [1.54, 1.807) is 12.1 Å². The van der Waals surface area contributed by atoms with Crippen LogP contribution in [-0.2, 0) is 14.4 Å². The molecule has 0 unspecified atom stereocenters. The second-order valence-electron chi connectivity index (χ2n) is 5.60. The lowest BCUT2D eigenvalue weighted by atomic mass is 10.2. The molecule has 0 atom stereocenters. The first kappa shape index (κ1) is 20.0. The van der Waals surface area contributed by atoms with E-state index in [1.807, 2.05) is 0 Å². The Balaban J connectivity index is 2.14. The van der Waals surface area contributed by atoms with Crippen molar-refractivity contribution in [1.82, 2.24) is 0 Å². The van der Waals surface area contributed by atoms with E-state index in [-0.39, 0.29) is 5.91 Å². The van der Waals surface area contributed by atoms with Crippen molar-refractivity contribution in [1.29, 1.82) is 0 Å². The Morgan fingerprint density at radius 3 is 2.07 bits per heavy atom. The Hall–Kier alpha value is -3.36. The monoisotopic (exact) mass is 379 g/mol. The van der Waals surface area contributed by atoms with Crippen LogP contribution in [0.1, 0.15) is 13.8 Å². The first-order chi connectivity index (χ1) is 12.7. The molecule has 142 valence electrons. The fourth-order valence-electron chi connectivity index (χ4n) is 2.27. The molecule has 9 heteroatoms. The van der Waals surface area contributed by atoms with Crippen LogP contribution in [0.4, 0.5) is 30.2 Å². The summed E-state index contributed by atoms with van der Waals surface area (Å²) in [7, 11) is 0. The summed E-state index contributed by atoms with van der Waals surface area (Å²) in [6, 6.07) is 7.67. The Morgan fingerprint density at radius 1 is 0.889 bits per heavy atom. The van der Waals surface area contributed by atoms with Gasteiger partial charge in [0, 0.05) is 25.2 Å². The predicted octanol–water partition coefficient (Wildman–Crippen LogP) is 3.05. The quantitative estimate of drug-likeness (QED) is 0.784. The molecule has 0 aliphatic rings. The van der Waals surface area contributed by atoms with Crippen molar-refractivity contribution in [2.45, 2.75) is 13.8 Å². The van der Waals surface area contributed by atoms with Crippen LogP contribution < -0.4 is 15.5 Å². The number of carbonyl (C=O) groups excluding carboxylic acids is 3. The lowest BCUT2D eigenvalue weighted by molar-refractivity contribution is -0.120. The Kier molecular flexibility index (Phi) is 6.17. The van der Waals surface area contributed by atoms with E-state index < -0.39 is 41.5 Å². The van der Waals surface area contributed by atoms with Gasteiger partial charge in [0.05, 0.1) is 5.69 Å². The summed E-state index contributed by atoms with van der Waals surface area (Å²) in [4.78, 5) is 36.1. The van der Waals surface area contributed by atoms with Crippen molar-refractivity contribution in [2.75, 3.05) is 22.1 Å². The third kappa shape index (κ3) is 5.06. The maximum Gasteiger partial charge on any atom is 0.244 e. The van der Waals surface area contributed by atoms with Gasteiger partial charge in [0.2, 0.25) is 17.7 Å². The smallest absolute Gasteiger partial charge is 0.244 e. The van der Waals surface area contributed by atoms with Crippen LogP contribution in [0.3, 0.4) is 0 Å². The maximum atomic E-state index is 13.6. The molecule has 0 saturated carbocycles. The van der Waals surface area contributed by atoms with Crippen molar-refractivity contribution >= 4 is 34.8 Å². The van der Waals surface area contributed by atoms with E-state index in [9.17, 15) is 27.6 Å². The molecule has 27 heavy (non-hydrogen) atoms. The van der Waals surface area contributed by atoms with E-state index in [0.717, 1.165) is 11.0 Å². The molecule has 0 aromatic heterocycles. The average molecular weight is 379 g/mol. The first-order valence-corrected chi connectivity index (χ1v) is 7.78. The van der Waals surface area contributed by atoms with Gasteiger partial charge >= 0.3 is 0 Å². The van der Waals surface area contributed by atoms with E-state index in [0.29, 0.717) is 17.4 Å². The molecular weight excluding hydrogens is 363 g/mol.